The van der Waals surface area contributed by atoms with Crippen LogP contribution in [0.15, 0.2) is 24.3 Å². The van der Waals surface area contributed by atoms with E-state index in [0.717, 1.165) is 5.56 Å². The monoisotopic (exact) mass is 209 g/mol. The molecule has 2 unspecified atom stereocenters. The van der Waals surface area contributed by atoms with Gasteiger partial charge in [0.1, 0.15) is 5.82 Å². The minimum absolute atomic E-state index is 0.174. The summed E-state index contributed by atoms with van der Waals surface area (Å²) in [5, 5.41) is 3.49. The van der Waals surface area contributed by atoms with Gasteiger partial charge in [-0.25, -0.2) is 4.39 Å². The fraction of sp³-hybridized carbons (Fsp3) is 0.538. The van der Waals surface area contributed by atoms with Gasteiger partial charge in [0.15, 0.2) is 0 Å². The van der Waals surface area contributed by atoms with Crippen LogP contribution in [0.2, 0.25) is 0 Å². The molecule has 0 radical (unpaired) electrons. The van der Waals surface area contributed by atoms with Gasteiger partial charge in [-0.05, 0) is 38.0 Å². The van der Waals surface area contributed by atoms with E-state index in [1.165, 1.54) is 25.0 Å². The number of benzene rings is 1. The molecule has 2 heteroatoms. The Morgan fingerprint density at radius 3 is 2.33 bits per heavy atom. The topological polar surface area (TPSA) is 12.0 Å². The highest BCUT2D eigenvalue weighted by molar-refractivity contribution is 5.19. The standard InChI is InChI=1S/C13H20FN/c1-4-5-10(2)15-11(3)12-6-8-13(14)9-7-12/h6-11,15H,4-5H2,1-3H3. The Kier molecular flexibility index (Phi) is 4.76. The van der Waals surface area contributed by atoms with Gasteiger partial charge < -0.3 is 5.32 Å². The van der Waals surface area contributed by atoms with E-state index < -0.39 is 0 Å². The van der Waals surface area contributed by atoms with Gasteiger partial charge in [-0.3, -0.25) is 0 Å². The lowest BCUT2D eigenvalue weighted by molar-refractivity contribution is 0.452. The van der Waals surface area contributed by atoms with Gasteiger partial charge in [0.25, 0.3) is 0 Å². The van der Waals surface area contributed by atoms with Crippen molar-refractivity contribution >= 4 is 0 Å². The molecule has 1 nitrogen and oxygen atoms in total. The first kappa shape index (κ1) is 12.2. The summed E-state index contributed by atoms with van der Waals surface area (Å²) in [6.07, 6.45) is 2.36. The van der Waals surface area contributed by atoms with Crippen molar-refractivity contribution in [2.75, 3.05) is 0 Å². The van der Waals surface area contributed by atoms with Crippen LogP contribution in [-0.4, -0.2) is 6.04 Å². The van der Waals surface area contributed by atoms with Crippen LogP contribution in [0.1, 0.15) is 45.2 Å². The van der Waals surface area contributed by atoms with Crippen LogP contribution < -0.4 is 5.32 Å². The van der Waals surface area contributed by atoms with Crippen molar-refractivity contribution in [2.45, 2.75) is 45.7 Å². The van der Waals surface area contributed by atoms with Crippen molar-refractivity contribution in [3.05, 3.63) is 35.6 Å². The van der Waals surface area contributed by atoms with E-state index in [9.17, 15) is 4.39 Å². The molecular formula is C13H20FN. The van der Waals surface area contributed by atoms with Gasteiger partial charge >= 0.3 is 0 Å². The van der Waals surface area contributed by atoms with Crippen LogP contribution in [-0.2, 0) is 0 Å². The summed E-state index contributed by atoms with van der Waals surface area (Å²) in [4.78, 5) is 0. The molecule has 0 saturated carbocycles. The molecule has 0 spiro atoms. The predicted molar refractivity (Wildman–Crippen MR) is 62.3 cm³/mol. The Morgan fingerprint density at radius 1 is 1.20 bits per heavy atom. The molecule has 0 aliphatic carbocycles. The number of nitrogens with one attached hydrogen (secondary N) is 1. The summed E-state index contributed by atoms with van der Waals surface area (Å²) in [5.74, 6) is -0.174. The van der Waals surface area contributed by atoms with Crippen molar-refractivity contribution < 1.29 is 4.39 Å². The van der Waals surface area contributed by atoms with E-state index in [2.05, 4.69) is 26.1 Å². The average molecular weight is 209 g/mol. The average Bonchev–Trinajstić information content (AvgIpc) is 2.18. The van der Waals surface area contributed by atoms with Gasteiger partial charge in [-0.2, -0.15) is 0 Å². The summed E-state index contributed by atoms with van der Waals surface area (Å²) < 4.78 is 12.7. The van der Waals surface area contributed by atoms with E-state index in [1.807, 2.05) is 12.1 Å². The first-order valence-corrected chi connectivity index (χ1v) is 5.65. The molecule has 0 aliphatic heterocycles. The van der Waals surface area contributed by atoms with Crippen molar-refractivity contribution in [1.29, 1.82) is 0 Å². The van der Waals surface area contributed by atoms with Crippen LogP contribution in [0.25, 0.3) is 0 Å². The van der Waals surface area contributed by atoms with E-state index in [0.29, 0.717) is 6.04 Å². The lowest BCUT2D eigenvalue weighted by Gasteiger charge is -2.19. The maximum absolute atomic E-state index is 12.7. The predicted octanol–water partition coefficient (Wildman–Crippen LogP) is 3.66. The lowest BCUT2D eigenvalue weighted by atomic mass is 10.1. The number of rotatable bonds is 5. The molecule has 1 rings (SSSR count). The fourth-order valence-electron chi connectivity index (χ4n) is 1.79. The first-order valence-electron chi connectivity index (χ1n) is 5.65. The van der Waals surface area contributed by atoms with Crippen molar-refractivity contribution in [3.63, 3.8) is 0 Å². The Morgan fingerprint density at radius 2 is 1.80 bits per heavy atom. The highest BCUT2D eigenvalue weighted by atomic mass is 19.1. The summed E-state index contributed by atoms with van der Waals surface area (Å²) in [6, 6.07) is 7.50. The third-order valence-corrected chi connectivity index (χ3v) is 2.63. The number of hydrogen-bond acceptors (Lipinski definition) is 1. The largest absolute Gasteiger partial charge is 0.308 e. The molecule has 0 saturated heterocycles. The first-order chi connectivity index (χ1) is 7.13. The van der Waals surface area contributed by atoms with E-state index in [4.69, 9.17) is 0 Å². The molecule has 1 N–H and O–H groups in total. The van der Waals surface area contributed by atoms with Crippen LogP contribution in [0.5, 0.6) is 0 Å². The third kappa shape index (κ3) is 4.00. The van der Waals surface area contributed by atoms with Crippen molar-refractivity contribution in [2.24, 2.45) is 0 Å². The smallest absolute Gasteiger partial charge is 0.123 e. The molecule has 1 aromatic rings. The SMILES string of the molecule is CCCC(C)NC(C)c1ccc(F)cc1. The normalized spacial score (nSPS) is 14.9. The second-order valence-corrected chi connectivity index (χ2v) is 4.13. The molecule has 0 aromatic heterocycles. The molecule has 84 valence electrons. The molecule has 2 atom stereocenters. The summed E-state index contributed by atoms with van der Waals surface area (Å²) >= 11 is 0. The Labute approximate surface area is 91.7 Å². The minimum atomic E-state index is -0.174. The second kappa shape index (κ2) is 5.86. The minimum Gasteiger partial charge on any atom is -0.308 e. The zero-order valence-corrected chi connectivity index (χ0v) is 9.76. The summed E-state index contributed by atoms with van der Waals surface area (Å²) in [7, 11) is 0. The lowest BCUT2D eigenvalue weighted by Crippen LogP contribution is -2.28. The molecule has 0 bridgehead atoms. The van der Waals surface area contributed by atoms with Gasteiger partial charge in [0.05, 0.1) is 0 Å². The summed E-state index contributed by atoms with van der Waals surface area (Å²) in [6.45, 7) is 6.48. The maximum atomic E-state index is 12.7. The van der Waals surface area contributed by atoms with Crippen LogP contribution in [0.3, 0.4) is 0 Å². The quantitative estimate of drug-likeness (QED) is 0.780. The Balaban J connectivity index is 2.53. The third-order valence-electron chi connectivity index (χ3n) is 2.63. The van der Waals surface area contributed by atoms with Crippen LogP contribution >= 0.6 is 0 Å². The van der Waals surface area contributed by atoms with Crippen LogP contribution in [0, 0.1) is 5.82 Å². The van der Waals surface area contributed by atoms with E-state index >= 15 is 0 Å². The molecule has 0 heterocycles. The Bertz CT molecular complexity index is 281. The zero-order chi connectivity index (χ0) is 11.3. The molecule has 0 aliphatic rings. The van der Waals surface area contributed by atoms with Gasteiger partial charge in [-0.15, -0.1) is 0 Å². The van der Waals surface area contributed by atoms with Crippen molar-refractivity contribution in [1.82, 2.24) is 5.32 Å². The fourth-order valence-corrected chi connectivity index (χ4v) is 1.79. The van der Waals surface area contributed by atoms with E-state index in [1.54, 1.807) is 0 Å². The highest BCUT2D eigenvalue weighted by Gasteiger charge is 2.08. The van der Waals surface area contributed by atoms with Crippen molar-refractivity contribution in [3.8, 4) is 0 Å². The van der Waals surface area contributed by atoms with Gasteiger partial charge in [0.2, 0.25) is 0 Å². The van der Waals surface area contributed by atoms with Gasteiger partial charge in [0, 0.05) is 12.1 Å². The maximum Gasteiger partial charge on any atom is 0.123 e. The van der Waals surface area contributed by atoms with E-state index in [-0.39, 0.29) is 11.9 Å². The zero-order valence-electron chi connectivity index (χ0n) is 9.76. The van der Waals surface area contributed by atoms with Crippen LogP contribution in [0.4, 0.5) is 4.39 Å². The molecule has 0 fully saturated rings. The Hall–Kier alpha value is -0.890. The molecule has 1 aromatic carbocycles. The number of hydrogen-bond donors (Lipinski definition) is 1. The second-order valence-electron chi connectivity index (χ2n) is 4.13. The molecular weight excluding hydrogens is 189 g/mol. The number of halogens is 1. The highest BCUT2D eigenvalue weighted by Crippen LogP contribution is 2.14. The van der Waals surface area contributed by atoms with Gasteiger partial charge in [-0.1, -0.05) is 25.5 Å². The molecule has 15 heavy (non-hydrogen) atoms. The molecule has 0 amide bonds. The summed E-state index contributed by atoms with van der Waals surface area (Å²) in [5.41, 5.74) is 1.14.